The minimum absolute atomic E-state index is 0.0292. The first kappa shape index (κ1) is 58.3. The quantitative estimate of drug-likeness (QED) is 0.0278. The topological polar surface area (TPSA) is 286 Å². The van der Waals surface area contributed by atoms with E-state index < -0.39 is 71.7 Å². The minimum Gasteiger partial charge on any atom is -0.458 e. The summed E-state index contributed by atoms with van der Waals surface area (Å²) in [5.41, 5.74) is 2.50. The number of carbonyl (C=O) groups excluding carboxylic acids is 8. The summed E-state index contributed by atoms with van der Waals surface area (Å²) in [6.07, 6.45) is 6.61. The number of nitrogens with one attached hydrogen (secondary N) is 5. The van der Waals surface area contributed by atoms with Crippen LogP contribution in [0.4, 0.5) is 4.39 Å². The Morgan fingerprint density at radius 3 is 2.42 bits per heavy atom. The highest BCUT2D eigenvalue weighted by Gasteiger charge is 2.46. The van der Waals surface area contributed by atoms with Gasteiger partial charge in [-0.15, -0.1) is 0 Å². The van der Waals surface area contributed by atoms with E-state index in [0.29, 0.717) is 86.3 Å². The number of nitrogens with zero attached hydrogens (tertiary/aromatic N) is 4. The molecule has 0 saturated carbocycles. The van der Waals surface area contributed by atoms with Crippen LogP contribution in [0.3, 0.4) is 0 Å². The van der Waals surface area contributed by atoms with Gasteiger partial charge in [0.05, 0.1) is 61.3 Å². The van der Waals surface area contributed by atoms with Crippen molar-refractivity contribution in [1.82, 2.24) is 45.9 Å². The molecule has 0 saturated heterocycles. The average Bonchev–Trinajstić information content (AvgIpc) is 3.95. The first-order valence-corrected chi connectivity index (χ1v) is 27.2. The fourth-order valence-corrected chi connectivity index (χ4v) is 10.7. The number of aliphatic hydroxyl groups is 1. The van der Waals surface area contributed by atoms with Crippen LogP contribution in [-0.2, 0) is 84.2 Å². The van der Waals surface area contributed by atoms with Crippen LogP contribution in [-0.4, -0.2) is 137 Å². The summed E-state index contributed by atoms with van der Waals surface area (Å²) in [5, 5.41) is 24.8. The molecule has 0 bridgehead atoms. The van der Waals surface area contributed by atoms with Crippen molar-refractivity contribution in [3.8, 4) is 11.4 Å². The van der Waals surface area contributed by atoms with Crippen molar-refractivity contribution in [3.63, 3.8) is 0 Å². The van der Waals surface area contributed by atoms with Crippen LogP contribution in [0, 0.1) is 12.7 Å². The molecule has 4 aromatic rings. The van der Waals surface area contributed by atoms with Crippen molar-refractivity contribution in [3.05, 3.63) is 110 Å². The fraction of sp³-hybridized carbons (Fsp3) is 0.474. The lowest BCUT2D eigenvalue weighted by atomic mass is 9.81. The number of pyridine rings is 2. The lowest BCUT2D eigenvalue weighted by Gasteiger charge is -2.37. The summed E-state index contributed by atoms with van der Waals surface area (Å²) in [6.45, 7) is 5.03. The second kappa shape index (κ2) is 26.4. The molecule has 0 spiro atoms. The highest BCUT2D eigenvalue weighted by atomic mass is 19.1. The van der Waals surface area contributed by atoms with Crippen LogP contribution in [0.5, 0.6) is 0 Å². The van der Waals surface area contributed by atoms with E-state index >= 15 is 4.39 Å². The van der Waals surface area contributed by atoms with Gasteiger partial charge in [-0.2, -0.15) is 0 Å². The van der Waals surface area contributed by atoms with Gasteiger partial charge in [0.2, 0.25) is 41.4 Å². The summed E-state index contributed by atoms with van der Waals surface area (Å²) in [4.78, 5) is 125. The number of aromatic nitrogens is 2. The van der Waals surface area contributed by atoms with Crippen molar-refractivity contribution < 1.29 is 62.1 Å². The maximum absolute atomic E-state index is 15.5. The van der Waals surface area contributed by atoms with Gasteiger partial charge in [0.15, 0.2) is 5.60 Å². The van der Waals surface area contributed by atoms with Crippen LogP contribution in [0.1, 0.15) is 110 Å². The van der Waals surface area contributed by atoms with Crippen LogP contribution >= 0.6 is 0 Å². The maximum Gasteiger partial charge on any atom is 0.343 e. The number of hydrogen-bond donors (Lipinski definition) is 6. The van der Waals surface area contributed by atoms with E-state index in [1.807, 2.05) is 6.92 Å². The standard InChI is InChI=1S/C57H68FN9O13/c1-4-57(77)39-25-44-53-37(30-67(44)55(75)38(39)31-80-56(57)76)52-43(20-19-36-34(3)40(58)26-41(64-53)51(36)52)66(5-2)50(73)18-13-22-78-32-62-47(70)28-61-54(74)42(24-35-14-8-6-9-15-35)63-48(71)29-60-46(69)27-59-45(68)16-10-7-11-21-65-33-79-23-12-17-49(65)72/h6,8-9,12,14-15,17,25-26,42-43,77H,4-5,7,10-11,13,16,18-24,27-33H2,1-3H3,(H,59,68)(H,60,69)(H,61,74)(H,62,70)(H,63,71)/t42-,43-,57-/m0/s1. The molecule has 2 aromatic carbocycles. The maximum atomic E-state index is 15.5. The van der Waals surface area contributed by atoms with Crippen molar-refractivity contribution in [1.29, 1.82) is 0 Å². The normalized spacial score (nSPS) is 17.3. The number of carbonyl (C=O) groups is 8. The summed E-state index contributed by atoms with van der Waals surface area (Å²) in [6, 6.07) is 10.3. The first-order chi connectivity index (χ1) is 38.5. The Hall–Kier alpha value is -7.89. The lowest BCUT2D eigenvalue weighted by Crippen LogP contribution is -2.52. The van der Waals surface area contributed by atoms with Crippen molar-refractivity contribution in [2.45, 2.75) is 116 Å². The van der Waals surface area contributed by atoms with Gasteiger partial charge in [-0.05, 0) is 80.7 Å². The number of fused-ring (bicyclic) bond motifs is 5. The summed E-state index contributed by atoms with van der Waals surface area (Å²) >= 11 is 0. The highest BCUT2D eigenvalue weighted by molar-refractivity contribution is 5.95. The van der Waals surface area contributed by atoms with Crippen molar-refractivity contribution in [2.75, 3.05) is 59.4 Å². The molecule has 0 unspecified atom stereocenters. The minimum atomic E-state index is -2.03. The molecule has 80 heavy (non-hydrogen) atoms. The van der Waals surface area contributed by atoms with Gasteiger partial charge in [-0.3, -0.25) is 38.4 Å². The van der Waals surface area contributed by atoms with E-state index in [4.69, 9.17) is 19.2 Å². The van der Waals surface area contributed by atoms with Crippen LogP contribution in [0.2, 0.25) is 0 Å². The Morgan fingerprint density at radius 1 is 0.900 bits per heavy atom. The third-order valence-electron chi connectivity index (χ3n) is 15.1. The molecular weight excluding hydrogens is 1040 g/mol. The molecule has 8 rings (SSSR count). The predicted molar refractivity (Wildman–Crippen MR) is 287 cm³/mol. The molecule has 3 aliphatic heterocycles. The monoisotopic (exact) mass is 1110 g/mol. The summed E-state index contributed by atoms with van der Waals surface area (Å²) < 4.78 is 33.3. The SMILES string of the molecule is CCN(C(=O)CCCOCNC(=O)CNC(=O)[C@H](Cc1ccccc1)NC(=O)CNC(=O)CNC(=O)CCCCCN1COCC=CC1=O)[C@H]1CCc2c(C)c(F)cc3nc4c(c1c23)Cn1c-4cc2c(c1=O)COC(=O)[C@]2(O)CC. The number of ether oxygens (including phenoxy) is 3. The first-order valence-electron chi connectivity index (χ1n) is 27.2. The average molecular weight is 1110 g/mol. The summed E-state index contributed by atoms with van der Waals surface area (Å²) in [7, 11) is 0. The molecule has 3 atom stereocenters. The number of cyclic esters (lactones) is 1. The molecule has 0 fully saturated rings. The zero-order valence-corrected chi connectivity index (χ0v) is 45.2. The largest absolute Gasteiger partial charge is 0.458 e. The van der Waals surface area contributed by atoms with Crippen molar-refractivity contribution >= 4 is 58.2 Å². The second-order valence-corrected chi connectivity index (χ2v) is 20.2. The van der Waals surface area contributed by atoms with Gasteiger partial charge >= 0.3 is 5.97 Å². The number of halogens is 1. The zero-order valence-electron chi connectivity index (χ0n) is 45.2. The molecule has 1 aliphatic carbocycles. The number of hydrogen-bond acceptors (Lipinski definition) is 14. The molecule has 7 amide bonds. The lowest BCUT2D eigenvalue weighted by molar-refractivity contribution is -0.172. The van der Waals surface area contributed by atoms with Gasteiger partial charge in [0.1, 0.15) is 31.9 Å². The number of amides is 7. The van der Waals surface area contributed by atoms with E-state index in [2.05, 4.69) is 26.6 Å². The highest BCUT2D eigenvalue weighted by Crippen LogP contribution is 2.47. The van der Waals surface area contributed by atoms with E-state index in [1.165, 1.54) is 16.7 Å². The van der Waals surface area contributed by atoms with Crippen molar-refractivity contribution in [2.24, 2.45) is 0 Å². The van der Waals surface area contributed by atoms with E-state index in [-0.39, 0.29) is 94.3 Å². The molecule has 22 nitrogen and oxygen atoms in total. The number of benzene rings is 2. The van der Waals surface area contributed by atoms with Gasteiger partial charge in [0.25, 0.3) is 5.56 Å². The predicted octanol–water partition coefficient (Wildman–Crippen LogP) is 2.24. The van der Waals surface area contributed by atoms with Crippen LogP contribution in [0.25, 0.3) is 22.3 Å². The Balaban J connectivity index is 0.788. The molecule has 426 valence electrons. The zero-order chi connectivity index (χ0) is 57.1. The third kappa shape index (κ3) is 13.2. The molecule has 23 heteroatoms. The third-order valence-corrected chi connectivity index (χ3v) is 15.1. The smallest absolute Gasteiger partial charge is 0.343 e. The van der Waals surface area contributed by atoms with E-state index in [0.717, 1.165) is 22.1 Å². The van der Waals surface area contributed by atoms with E-state index in [1.54, 1.807) is 66.1 Å². The Kier molecular flexibility index (Phi) is 19.2. The van der Waals surface area contributed by atoms with Crippen LogP contribution < -0.4 is 32.1 Å². The molecule has 6 N–H and O–H groups in total. The Bertz CT molecular complexity index is 3150. The van der Waals surface area contributed by atoms with Gasteiger partial charge in [-0.1, -0.05) is 49.8 Å². The van der Waals surface area contributed by atoms with Crippen LogP contribution in [0.15, 0.2) is 59.4 Å². The van der Waals surface area contributed by atoms with Gasteiger partial charge in [0, 0.05) is 67.6 Å². The number of esters is 1. The Labute approximate surface area is 461 Å². The number of rotatable bonds is 25. The van der Waals surface area contributed by atoms with Gasteiger partial charge < -0.3 is 60.3 Å². The molecule has 2 aromatic heterocycles. The Morgan fingerprint density at radius 2 is 1.65 bits per heavy atom. The summed E-state index contributed by atoms with van der Waals surface area (Å²) in [5.74, 6) is -4.44. The van der Waals surface area contributed by atoms with Gasteiger partial charge in [-0.25, -0.2) is 14.2 Å². The van der Waals surface area contributed by atoms with E-state index in [9.17, 15) is 48.3 Å². The molecule has 0 radical (unpaired) electrons. The molecule has 4 aliphatic rings. The number of unbranched alkanes of at least 4 members (excludes halogenated alkanes) is 2. The second-order valence-electron chi connectivity index (χ2n) is 20.2. The number of aryl methyl sites for hydroxylation is 1. The molecule has 5 heterocycles. The molecular formula is C57H68FN9O13. The fourth-order valence-electron chi connectivity index (χ4n) is 10.7.